The van der Waals surface area contributed by atoms with E-state index in [9.17, 15) is 13.2 Å². The van der Waals surface area contributed by atoms with Gasteiger partial charge in [0.2, 0.25) is 0 Å². The van der Waals surface area contributed by atoms with E-state index in [4.69, 9.17) is 9.15 Å². The van der Waals surface area contributed by atoms with E-state index in [1.54, 1.807) is 6.07 Å². The fraction of sp³-hybridized carbons (Fsp3) is 0.667. The fourth-order valence-corrected chi connectivity index (χ4v) is 1.26. The van der Waals surface area contributed by atoms with E-state index in [1.807, 2.05) is 13.8 Å². The smallest absolute Gasteiger partial charge is 0.414 e. The third kappa shape index (κ3) is 4.70. The molecule has 1 aromatic rings. The summed E-state index contributed by atoms with van der Waals surface area (Å²) in [5, 5.41) is 3.13. The molecule has 0 saturated heterocycles. The molecule has 1 heterocycles. The predicted octanol–water partition coefficient (Wildman–Crippen LogP) is 3.25. The highest BCUT2D eigenvalue weighted by Crippen LogP contribution is 2.24. The zero-order chi connectivity index (χ0) is 13.8. The molecule has 3 nitrogen and oxygen atoms in total. The number of nitrogens with one attached hydrogen (secondary N) is 1. The first kappa shape index (κ1) is 15.0. The Morgan fingerprint density at radius 2 is 2.00 bits per heavy atom. The van der Waals surface area contributed by atoms with Gasteiger partial charge >= 0.3 is 6.18 Å². The zero-order valence-electron chi connectivity index (χ0n) is 10.7. The van der Waals surface area contributed by atoms with Crippen LogP contribution < -0.4 is 5.32 Å². The molecule has 1 aromatic heterocycles. The molecule has 0 saturated carbocycles. The summed E-state index contributed by atoms with van der Waals surface area (Å²) in [6.07, 6.45) is -4.66. The van der Waals surface area contributed by atoms with Crippen molar-refractivity contribution in [2.24, 2.45) is 0 Å². The number of hydrogen-bond acceptors (Lipinski definition) is 3. The second-order valence-electron chi connectivity index (χ2n) is 4.40. The van der Waals surface area contributed by atoms with Crippen LogP contribution in [0.1, 0.15) is 32.1 Å². The Labute approximate surface area is 104 Å². The molecule has 0 fully saturated rings. The lowest BCUT2D eigenvalue weighted by Gasteiger charge is -2.16. The maximum absolute atomic E-state index is 12.3. The second-order valence-corrected chi connectivity index (χ2v) is 4.40. The molecule has 1 N–H and O–H groups in total. The van der Waals surface area contributed by atoms with Crippen LogP contribution in [0.3, 0.4) is 0 Å². The number of halogens is 3. The largest absolute Gasteiger partial charge is 0.468 e. The SMILES string of the molecule is CC(C)NCc1occc1COC(C)C(F)(F)F. The van der Waals surface area contributed by atoms with Gasteiger partial charge in [0.15, 0.2) is 6.10 Å². The van der Waals surface area contributed by atoms with Crippen LogP contribution in [0.15, 0.2) is 16.7 Å². The highest BCUT2D eigenvalue weighted by atomic mass is 19.4. The summed E-state index contributed by atoms with van der Waals surface area (Å²) in [7, 11) is 0. The number of furan rings is 1. The lowest BCUT2D eigenvalue weighted by molar-refractivity contribution is -0.217. The summed E-state index contributed by atoms with van der Waals surface area (Å²) in [4.78, 5) is 0. The van der Waals surface area contributed by atoms with Crippen LogP contribution >= 0.6 is 0 Å². The zero-order valence-corrected chi connectivity index (χ0v) is 10.7. The Kier molecular flexibility index (Phi) is 5.22. The lowest BCUT2D eigenvalue weighted by atomic mass is 10.2. The summed E-state index contributed by atoms with van der Waals surface area (Å²) in [5.41, 5.74) is 0.638. The lowest BCUT2D eigenvalue weighted by Crippen LogP contribution is -2.28. The molecule has 0 radical (unpaired) electrons. The van der Waals surface area contributed by atoms with Crippen molar-refractivity contribution in [1.82, 2.24) is 5.32 Å². The summed E-state index contributed by atoms with van der Waals surface area (Å²) in [6, 6.07) is 1.90. The summed E-state index contributed by atoms with van der Waals surface area (Å²) in [6.45, 7) is 5.32. The maximum atomic E-state index is 12.3. The van der Waals surface area contributed by atoms with Crippen LogP contribution in [0.25, 0.3) is 0 Å². The van der Waals surface area contributed by atoms with Crippen molar-refractivity contribution in [3.63, 3.8) is 0 Å². The molecule has 1 unspecified atom stereocenters. The molecule has 0 aliphatic heterocycles. The van der Waals surface area contributed by atoms with Gasteiger partial charge in [-0.25, -0.2) is 0 Å². The van der Waals surface area contributed by atoms with Crippen LogP contribution in [-0.4, -0.2) is 18.3 Å². The molecule has 18 heavy (non-hydrogen) atoms. The van der Waals surface area contributed by atoms with E-state index in [-0.39, 0.29) is 12.6 Å². The van der Waals surface area contributed by atoms with Gasteiger partial charge in [0, 0.05) is 11.6 Å². The van der Waals surface area contributed by atoms with Crippen molar-refractivity contribution in [2.45, 2.75) is 52.2 Å². The molecule has 1 rings (SSSR count). The van der Waals surface area contributed by atoms with Gasteiger partial charge in [0.1, 0.15) is 5.76 Å². The average molecular weight is 265 g/mol. The molecular formula is C12H18F3NO2. The Morgan fingerprint density at radius 1 is 1.33 bits per heavy atom. The van der Waals surface area contributed by atoms with Crippen molar-refractivity contribution in [1.29, 1.82) is 0 Å². The molecule has 0 bridgehead atoms. The van der Waals surface area contributed by atoms with Crippen molar-refractivity contribution in [2.75, 3.05) is 0 Å². The Bertz CT molecular complexity index is 360. The van der Waals surface area contributed by atoms with Crippen LogP contribution in [0.2, 0.25) is 0 Å². The number of rotatable bonds is 6. The number of ether oxygens (including phenoxy) is 1. The Balaban J connectivity index is 2.50. The van der Waals surface area contributed by atoms with Gasteiger partial charge in [-0.15, -0.1) is 0 Å². The van der Waals surface area contributed by atoms with Crippen LogP contribution in [-0.2, 0) is 17.9 Å². The van der Waals surface area contributed by atoms with Crippen LogP contribution in [0.4, 0.5) is 13.2 Å². The third-order valence-corrected chi connectivity index (χ3v) is 2.46. The quantitative estimate of drug-likeness (QED) is 0.857. The molecule has 0 aliphatic rings. The highest BCUT2D eigenvalue weighted by molar-refractivity contribution is 5.15. The van der Waals surface area contributed by atoms with Gasteiger partial charge in [0.05, 0.1) is 19.4 Å². The molecule has 0 aliphatic carbocycles. The van der Waals surface area contributed by atoms with Gasteiger partial charge in [-0.05, 0) is 13.0 Å². The molecule has 104 valence electrons. The maximum Gasteiger partial charge on any atom is 0.414 e. The van der Waals surface area contributed by atoms with E-state index >= 15 is 0 Å². The van der Waals surface area contributed by atoms with E-state index in [0.717, 1.165) is 6.92 Å². The third-order valence-electron chi connectivity index (χ3n) is 2.46. The van der Waals surface area contributed by atoms with Gasteiger partial charge < -0.3 is 14.5 Å². The van der Waals surface area contributed by atoms with E-state index in [2.05, 4.69) is 5.32 Å². The van der Waals surface area contributed by atoms with Crippen molar-refractivity contribution in [3.05, 3.63) is 23.7 Å². The summed E-state index contributed by atoms with van der Waals surface area (Å²) >= 11 is 0. The first-order valence-electron chi connectivity index (χ1n) is 5.77. The van der Waals surface area contributed by atoms with Crippen molar-refractivity contribution in [3.8, 4) is 0 Å². The second kappa shape index (κ2) is 6.24. The molecule has 0 aromatic carbocycles. The average Bonchev–Trinajstić information content (AvgIpc) is 2.69. The minimum absolute atomic E-state index is 0.105. The number of alkyl halides is 3. The molecular weight excluding hydrogens is 247 g/mol. The molecule has 6 heteroatoms. The van der Waals surface area contributed by atoms with Crippen molar-refractivity contribution >= 4 is 0 Å². The predicted molar refractivity (Wildman–Crippen MR) is 61.0 cm³/mol. The van der Waals surface area contributed by atoms with Crippen LogP contribution in [0.5, 0.6) is 0 Å². The minimum Gasteiger partial charge on any atom is -0.468 e. The topological polar surface area (TPSA) is 34.4 Å². The first-order chi connectivity index (χ1) is 8.30. The normalized spacial score (nSPS) is 14.2. The molecule has 1 atom stereocenters. The fourth-order valence-electron chi connectivity index (χ4n) is 1.26. The highest BCUT2D eigenvalue weighted by Gasteiger charge is 2.36. The first-order valence-corrected chi connectivity index (χ1v) is 5.77. The minimum atomic E-state index is -4.33. The summed E-state index contributed by atoms with van der Waals surface area (Å²) < 4.78 is 46.8. The van der Waals surface area contributed by atoms with E-state index in [1.165, 1.54) is 6.26 Å². The van der Waals surface area contributed by atoms with Gasteiger partial charge in [-0.2, -0.15) is 13.2 Å². The van der Waals surface area contributed by atoms with E-state index < -0.39 is 12.3 Å². The van der Waals surface area contributed by atoms with Gasteiger partial charge in [-0.1, -0.05) is 13.8 Å². The van der Waals surface area contributed by atoms with Gasteiger partial charge in [0.25, 0.3) is 0 Å². The monoisotopic (exact) mass is 265 g/mol. The molecule has 0 amide bonds. The number of hydrogen-bond donors (Lipinski definition) is 1. The van der Waals surface area contributed by atoms with Crippen molar-refractivity contribution < 1.29 is 22.3 Å². The van der Waals surface area contributed by atoms with E-state index in [0.29, 0.717) is 17.9 Å². The Morgan fingerprint density at radius 3 is 2.56 bits per heavy atom. The Hall–Kier alpha value is -1.01. The molecule has 0 spiro atoms. The standard InChI is InChI=1S/C12H18F3NO2/c1-8(2)16-6-11-10(4-5-17-11)7-18-9(3)12(13,14)15/h4-5,8-9,16H,6-7H2,1-3H3. The summed E-state index contributed by atoms with van der Waals surface area (Å²) in [5.74, 6) is 0.609. The van der Waals surface area contributed by atoms with Crippen LogP contribution in [0, 0.1) is 0 Å². The van der Waals surface area contributed by atoms with Gasteiger partial charge in [-0.3, -0.25) is 0 Å².